The number of rotatable bonds is 3. The summed E-state index contributed by atoms with van der Waals surface area (Å²) in [7, 11) is 0. The minimum absolute atomic E-state index is 0.0172. The minimum Gasteiger partial charge on any atom is -0.445 e. The van der Waals surface area contributed by atoms with E-state index in [0.717, 1.165) is 24.3 Å². The second-order valence-electron chi connectivity index (χ2n) is 8.35. The molecule has 0 saturated heterocycles. The highest BCUT2D eigenvalue weighted by Gasteiger charge is 2.40. The van der Waals surface area contributed by atoms with Crippen LogP contribution < -0.4 is 5.56 Å². The summed E-state index contributed by atoms with van der Waals surface area (Å²) in [5.41, 5.74) is 1.10. The Morgan fingerprint density at radius 1 is 1.14 bits per heavy atom. The fourth-order valence-electron chi connectivity index (χ4n) is 4.44. The van der Waals surface area contributed by atoms with E-state index in [9.17, 15) is 13.6 Å². The van der Waals surface area contributed by atoms with E-state index in [1.54, 1.807) is 4.68 Å². The number of nitrogens with one attached hydrogen (secondary N) is 1. The van der Waals surface area contributed by atoms with Crippen molar-refractivity contribution in [3.63, 3.8) is 0 Å². The minimum atomic E-state index is -2.61. The topological polar surface area (TPSA) is 89.6 Å². The third kappa shape index (κ3) is 3.07. The highest BCUT2D eigenvalue weighted by atomic mass is 19.3. The largest absolute Gasteiger partial charge is 0.445 e. The van der Waals surface area contributed by atoms with Crippen molar-refractivity contribution in [3.8, 4) is 0 Å². The third-order valence-corrected chi connectivity index (χ3v) is 6.50. The van der Waals surface area contributed by atoms with E-state index in [4.69, 9.17) is 9.40 Å². The molecule has 0 radical (unpaired) electrons. The number of H-pyrrole nitrogens is 1. The van der Waals surface area contributed by atoms with Crippen molar-refractivity contribution in [1.82, 2.24) is 24.7 Å². The highest BCUT2D eigenvalue weighted by molar-refractivity contribution is 5.73. The van der Waals surface area contributed by atoms with Gasteiger partial charge in [0.2, 0.25) is 5.92 Å². The monoisotopic (exact) mass is 403 g/mol. The van der Waals surface area contributed by atoms with Crippen LogP contribution in [0.5, 0.6) is 0 Å². The Morgan fingerprint density at radius 2 is 1.86 bits per heavy atom. The van der Waals surface area contributed by atoms with E-state index in [1.807, 2.05) is 13.8 Å². The van der Waals surface area contributed by atoms with Crippen LogP contribution >= 0.6 is 0 Å². The Kier molecular flexibility index (Phi) is 4.11. The van der Waals surface area contributed by atoms with Gasteiger partial charge in [0.25, 0.3) is 5.56 Å². The fraction of sp³-hybridized carbons (Fsp3) is 0.600. The fourth-order valence-corrected chi connectivity index (χ4v) is 4.44. The average molecular weight is 403 g/mol. The molecule has 0 spiro atoms. The van der Waals surface area contributed by atoms with Gasteiger partial charge in [-0.3, -0.25) is 4.79 Å². The normalized spacial score (nSPS) is 24.7. The third-order valence-electron chi connectivity index (χ3n) is 6.50. The van der Waals surface area contributed by atoms with Gasteiger partial charge in [-0.05, 0) is 39.5 Å². The van der Waals surface area contributed by atoms with Gasteiger partial charge in [-0.25, -0.2) is 23.4 Å². The van der Waals surface area contributed by atoms with Crippen molar-refractivity contribution < 1.29 is 13.2 Å². The molecule has 1 unspecified atom stereocenters. The molecule has 3 heterocycles. The smallest absolute Gasteiger partial charge is 0.262 e. The summed E-state index contributed by atoms with van der Waals surface area (Å²) in [6.45, 7) is 3.80. The number of oxazole rings is 1. The summed E-state index contributed by atoms with van der Waals surface area (Å²) >= 11 is 0. The molecule has 3 aromatic heterocycles. The number of hydrogen-bond donors (Lipinski definition) is 1. The number of halogens is 2. The Hall–Kier alpha value is -2.58. The summed E-state index contributed by atoms with van der Waals surface area (Å²) in [5.74, 6) is -0.440. The molecule has 0 amide bonds. The lowest BCUT2D eigenvalue weighted by molar-refractivity contribution is -0.0446. The predicted molar refractivity (Wildman–Crippen MR) is 101 cm³/mol. The van der Waals surface area contributed by atoms with Gasteiger partial charge in [-0.1, -0.05) is 0 Å². The lowest BCUT2D eigenvalue weighted by atomic mass is 9.73. The molecule has 3 aromatic rings. The summed E-state index contributed by atoms with van der Waals surface area (Å²) in [4.78, 5) is 24.8. The van der Waals surface area contributed by atoms with Crippen LogP contribution in [-0.2, 0) is 0 Å². The molecule has 154 valence electrons. The summed E-state index contributed by atoms with van der Waals surface area (Å²) in [6.07, 6.45) is 3.61. The Bertz CT molecular complexity index is 1100. The zero-order valence-electron chi connectivity index (χ0n) is 16.4. The Balaban J connectivity index is 1.49. The van der Waals surface area contributed by atoms with Gasteiger partial charge in [-0.15, -0.1) is 0 Å². The van der Waals surface area contributed by atoms with E-state index in [1.165, 1.54) is 6.20 Å². The second-order valence-corrected chi connectivity index (χ2v) is 8.35. The number of nitrogens with zero attached hydrogens (tertiary/aromatic N) is 4. The molecule has 0 bridgehead atoms. The first-order valence-electron chi connectivity index (χ1n) is 10.1. The molecule has 29 heavy (non-hydrogen) atoms. The maximum atomic E-state index is 13.5. The molecule has 2 aliphatic carbocycles. The lowest BCUT2D eigenvalue weighted by Crippen LogP contribution is -2.28. The van der Waals surface area contributed by atoms with Crippen molar-refractivity contribution in [3.05, 3.63) is 39.7 Å². The first-order valence-corrected chi connectivity index (χ1v) is 10.1. The van der Waals surface area contributed by atoms with Gasteiger partial charge in [0.05, 0.1) is 17.9 Å². The molecular formula is C20H23F2N5O2. The van der Waals surface area contributed by atoms with Gasteiger partial charge < -0.3 is 9.40 Å². The molecule has 1 N–H and O–H groups in total. The van der Waals surface area contributed by atoms with Crippen LogP contribution in [0, 0.1) is 13.8 Å². The van der Waals surface area contributed by atoms with E-state index >= 15 is 0 Å². The first kappa shape index (κ1) is 18.4. The van der Waals surface area contributed by atoms with Crippen LogP contribution in [0.25, 0.3) is 11.0 Å². The van der Waals surface area contributed by atoms with Crippen LogP contribution in [0.1, 0.15) is 79.6 Å². The number of hydrogen-bond acceptors (Lipinski definition) is 5. The zero-order valence-corrected chi connectivity index (χ0v) is 16.4. The summed E-state index contributed by atoms with van der Waals surface area (Å²) < 4.78 is 34.5. The molecule has 2 saturated carbocycles. The van der Waals surface area contributed by atoms with E-state index in [0.29, 0.717) is 35.6 Å². The first-order chi connectivity index (χ1) is 13.8. The van der Waals surface area contributed by atoms with Gasteiger partial charge in [0, 0.05) is 24.7 Å². The van der Waals surface area contributed by atoms with Gasteiger partial charge in [0.1, 0.15) is 17.0 Å². The summed E-state index contributed by atoms with van der Waals surface area (Å²) in [5, 5.41) is 4.72. The molecule has 2 fully saturated rings. The number of alkyl halides is 2. The SMILES string of the molecule is Cc1nc(C2CC[C@H]2c2nc3c(cnn3C3CCC(F)(F)CC3)c(=O)[nH]2)oc1C. The van der Waals surface area contributed by atoms with Crippen molar-refractivity contribution in [1.29, 1.82) is 0 Å². The van der Waals surface area contributed by atoms with Gasteiger partial charge in [0.15, 0.2) is 11.5 Å². The molecule has 9 heteroatoms. The van der Waals surface area contributed by atoms with E-state index < -0.39 is 5.92 Å². The van der Waals surface area contributed by atoms with E-state index in [2.05, 4.69) is 15.1 Å². The Labute approximate surface area is 165 Å². The molecular weight excluding hydrogens is 380 g/mol. The zero-order chi connectivity index (χ0) is 20.3. The maximum Gasteiger partial charge on any atom is 0.262 e. The van der Waals surface area contributed by atoms with Gasteiger partial charge >= 0.3 is 0 Å². The van der Waals surface area contributed by atoms with Crippen molar-refractivity contribution in [2.75, 3.05) is 0 Å². The van der Waals surface area contributed by atoms with Crippen LogP contribution in [-0.4, -0.2) is 30.7 Å². The highest BCUT2D eigenvalue weighted by Crippen LogP contribution is 2.48. The number of fused-ring (bicyclic) bond motifs is 1. The molecule has 0 aromatic carbocycles. The predicted octanol–water partition coefficient (Wildman–Crippen LogP) is 4.14. The van der Waals surface area contributed by atoms with Crippen LogP contribution in [0.4, 0.5) is 8.78 Å². The number of aryl methyl sites for hydroxylation is 2. The van der Waals surface area contributed by atoms with Crippen molar-refractivity contribution >= 4 is 11.0 Å². The molecule has 5 rings (SSSR count). The maximum absolute atomic E-state index is 13.5. The quantitative estimate of drug-likeness (QED) is 0.710. The molecule has 2 aliphatic rings. The second kappa shape index (κ2) is 6.47. The van der Waals surface area contributed by atoms with E-state index in [-0.39, 0.29) is 36.3 Å². The molecule has 2 atom stereocenters. The van der Waals surface area contributed by atoms with Crippen LogP contribution in [0.3, 0.4) is 0 Å². The molecule has 7 nitrogen and oxygen atoms in total. The average Bonchev–Trinajstić information content (AvgIpc) is 3.18. The number of aromatic amines is 1. The van der Waals surface area contributed by atoms with Crippen molar-refractivity contribution in [2.24, 2.45) is 0 Å². The van der Waals surface area contributed by atoms with Crippen LogP contribution in [0.15, 0.2) is 15.4 Å². The summed E-state index contributed by atoms with van der Waals surface area (Å²) in [6, 6.07) is -0.163. The molecule has 0 aliphatic heterocycles. The Morgan fingerprint density at radius 3 is 2.48 bits per heavy atom. The number of aromatic nitrogens is 5. The van der Waals surface area contributed by atoms with Crippen LogP contribution in [0.2, 0.25) is 0 Å². The van der Waals surface area contributed by atoms with Gasteiger partial charge in [-0.2, -0.15) is 5.10 Å². The van der Waals surface area contributed by atoms with Crippen molar-refractivity contribution in [2.45, 2.75) is 76.2 Å². The lowest BCUT2D eigenvalue weighted by Gasteiger charge is -2.33. The standard InChI is InChI=1S/C20H23F2N5O2/c1-10-11(2)29-19(24-10)14-4-3-13(14)16-25-17-15(18(28)26-16)9-23-27(17)12-5-7-20(21,22)8-6-12/h9,12-14H,3-8H2,1-2H3,(H,25,26,28)/t13-,14?/m1/s1.